The molecule has 0 spiro atoms. The lowest BCUT2D eigenvalue weighted by Crippen LogP contribution is -2.41. The van der Waals surface area contributed by atoms with E-state index in [-0.39, 0.29) is 18.6 Å². The summed E-state index contributed by atoms with van der Waals surface area (Å²) in [6, 6.07) is 9.17. The van der Waals surface area contributed by atoms with Crippen molar-refractivity contribution in [1.82, 2.24) is 10.6 Å². The number of nitrogens with one attached hydrogen (secondary N) is 2. The first kappa shape index (κ1) is 13.4. The number of rotatable bonds is 5. The van der Waals surface area contributed by atoms with Crippen LogP contribution in [0.2, 0.25) is 0 Å². The Labute approximate surface area is 112 Å². The normalized spacial score (nSPS) is 17.3. The molecule has 1 aliphatic rings. The Hall–Kier alpha value is -2.04. The maximum atomic E-state index is 11.7. The number of urea groups is 1. The van der Waals surface area contributed by atoms with Crippen molar-refractivity contribution >= 4 is 12.0 Å². The summed E-state index contributed by atoms with van der Waals surface area (Å²) in [6.45, 7) is 2.08. The van der Waals surface area contributed by atoms with E-state index in [0.29, 0.717) is 12.8 Å². The third-order valence-electron chi connectivity index (χ3n) is 3.54. The monoisotopic (exact) mass is 262 g/mol. The van der Waals surface area contributed by atoms with Crippen LogP contribution in [-0.2, 0) is 4.79 Å². The fourth-order valence-corrected chi connectivity index (χ4v) is 1.94. The van der Waals surface area contributed by atoms with Crippen LogP contribution in [-0.4, -0.2) is 23.7 Å². The molecule has 5 heteroatoms. The van der Waals surface area contributed by atoms with Crippen molar-refractivity contribution < 1.29 is 14.7 Å². The third-order valence-corrected chi connectivity index (χ3v) is 3.54. The molecule has 1 aliphatic carbocycles. The smallest absolute Gasteiger partial charge is 0.315 e. The van der Waals surface area contributed by atoms with E-state index in [2.05, 4.69) is 10.6 Å². The minimum absolute atomic E-state index is 0.110. The highest BCUT2D eigenvalue weighted by Crippen LogP contribution is 2.45. The molecule has 1 aromatic carbocycles. The van der Waals surface area contributed by atoms with E-state index in [0.717, 1.165) is 5.56 Å². The molecule has 0 radical (unpaired) electrons. The van der Waals surface area contributed by atoms with Crippen LogP contribution in [0.4, 0.5) is 4.79 Å². The topological polar surface area (TPSA) is 78.4 Å². The van der Waals surface area contributed by atoms with Crippen LogP contribution in [0, 0.1) is 5.41 Å². The Bertz CT molecular complexity index is 469. The van der Waals surface area contributed by atoms with Gasteiger partial charge in [0, 0.05) is 6.54 Å². The molecular weight excluding hydrogens is 244 g/mol. The molecule has 1 unspecified atom stereocenters. The Kier molecular flexibility index (Phi) is 3.74. The van der Waals surface area contributed by atoms with Gasteiger partial charge in [0.25, 0.3) is 0 Å². The molecular formula is C14H18N2O3. The summed E-state index contributed by atoms with van der Waals surface area (Å²) in [5.74, 6) is -0.830. The average molecular weight is 262 g/mol. The molecule has 0 aliphatic heterocycles. The highest BCUT2D eigenvalue weighted by molar-refractivity contribution is 5.80. The van der Waals surface area contributed by atoms with E-state index >= 15 is 0 Å². The van der Waals surface area contributed by atoms with Crippen molar-refractivity contribution in [3.8, 4) is 0 Å². The van der Waals surface area contributed by atoms with E-state index in [9.17, 15) is 9.59 Å². The quantitative estimate of drug-likeness (QED) is 0.758. The Morgan fingerprint density at radius 3 is 2.47 bits per heavy atom. The number of carboxylic acid groups (broad SMARTS) is 1. The summed E-state index contributed by atoms with van der Waals surface area (Å²) >= 11 is 0. The molecule has 2 rings (SSSR count). The number of aliphatic carboxylic acids is 1. The zero-order chi connectivity index (χ0) is 13.9. The zero-order valence-corrected chi connectivity index (χ0v) is 10.8. The van der Waals surface area contributed by atoms with Gasteiger partial charge in [0.15, 0.2) is 0 Å². The van der Waals surface area contributed by atoms with Crippen molar-refractivity contribution in [3.05, 3.63) is 35.9 Å². The van der Waals surface area contributed by atoms with Crippen LogP contribution >= 0.6 is 0 Å². The number of hydrogen-bond acceptors (Lipinski definition) is 2. The lowest BCUT2D eigenvalue weighted by Gasteiger charge is -2.16. The average Bonchev–Trinajstić information content (AvgIpc) is 3.18. The van der Waals surface area contributed by atoms with Gasteiger partial charge in [-0.25, -0.2) is 4.79 Å². The molecule has 0 aromatic heterocycles. The maximum absolute atomic E-state index is 11.7. The minimum atomic E-state index is -0.830. The predicted molar refractivity (Wildman–Crippen MR) is 70.7 cm³/mol. The highest BCUT2D eigenvalue weighted by Gasteiger charge is 2.50. The maximum Gasteiger partial charge on any atom is 0.315 e. The summed E-state index contributed by atoms with van der Waals surface area (Å²) < 4.78 is 0. The molecule has 3 N–H and O–H groups in total. The zero-order valence-electron chi connectivity index (χ0n) is 10.8. The Morgan fingerprint density at radius 1 is 1.32 bits per heavy atom. The molecule has 0 bridgehead atoms. The van der Waals surface area contributed by atoms with Gasteiger partial charge in [-0.05, 0) is 25.3 Å². The summed E-state index contributed by atoms with van der Waals surface area (Å²) in [5.41, 5.74) is 0.282. The summed E-state index contributed by atoms with van der Waals surface area (Å²) in [6.07, 6.45) is 1.27. The van der Waals surface area contributed by atoms with Gasteiger partial charge >= 0.3 is 12.0 Å². The van der Waals surface area contributed by atoms with Gasteiger partial charge in [0.1, 0.15) is 0 Å². The van der Waals surface area contributed by atoms with Crippen LogP contribution in [0.15, 0.2) is 30.3 Å². The van der Waals surface area contributed by atoms with Crippen molar-refractivity contribution in [2.75, 3.05) is 6.54 Å². The third kappa shape index (κ3) is 3.24. The highest BCUT2D eigenvalue weighted by atomic mass is 16.4. The first-order valence-corrected chi connectivity index (χ1v) is 6.36. The molecule has 0 heterocycles. The van der Waals surface area contributed by atoms with E-state index in [1.54, 1.807) is 0 Å². The number of carboxylic acids is 1. The largest absolute Gasteiger partial charge is 0.481 e. The fraction of sp³-hybridized carbons (Fsp3) is 0.429. The molecule has 5 nitrogen and oxygen atoms in total. The number of amides is 2. The number of carbonyl (C=O) groups excluding carboxylic acids is 1. The van der Waals surface area contributed by atoms with Crippen molar-refractivity contribution in [3.63, 3.8) is 0 Å². The molecule has 19 heavy (non-hydrogen) atoms. The first-order valence-electron chi connectivity index (χ1n) is 6.36. The molecule has 0 saturated heterocycles. The predicted octanol–water partition coefficient (Wildman–Crippen LogP) is 1.91. The van der Waals surface area contributed by atoms with E-state index in [4.69, 9.17) is 5.11 Å². The number of carbonyl (C=O) groups is 2. The summed E-state index contributed by atoms with van der Waals surface area (Å²) in [5, 5.41) is 14.4. The second-order valence-electron chi connectivity index (χ2n) is 5.04. The van der Waals surface area contributed by atoms with Crippen molar-refractivity contribution in [2.45, 2.75) is 25.8 Å². The van der Waals surface area contributed by atoms with Crippen LogP contribution < -0.4 is 10.6 Å². The van der Waals surface area contributed by atoms with Gasteiger partial charge in [-0.1, -0.05) is 30.3 Å². The summed E-state index contributed by atoms with van der Waals surface area (Å²) in [4.78, 5) is 22.7. The first-order chi connectivity index (χ1) is 9.03. The Balaban J connectivity index is 1.80. The van der Waals surface area contributed by atoms with E-state index in [1.807, 2.05) is 37.3 Å². The van der Waals surface area contributed by atoms with Gasteiger partial charge in [-0.15, -0.1) is 0 Å². The van der Waals surface area contributed by atoms with Crippen molar-refractivity contribution in [1.29, 1.82) is 0 Å². The van der Waals surface area contributed by atoms with Gasteiger partial charge in [-0.2, -0.15) is 0 Å². The SMILES string of the molecule is CC(NC(=O)NCC1(C(=O)O)CC1)c1ccccc1. The molecule has 102 valence electrons. The molecule has 1 fully saturated rings. The van der Waals surface area contributed by atoms with Gasteiger partial charge < -0.3 is 15.7 Å². The Morgan fingerprint density at radius 2 is 1.95 bits per heavy atom. The fourth-order valence-electron chi connectivity index (χ4n) is 1.94. The van der Waals surface area contributed by atoms with Gasteiger partial charge in [0.05, 0.1) is 11.5 Å². The van der Waals surface area contributed by atoms with Crippen molar-refractivity contribution in [2.24, 2.45) is 5.41 Å². The van der Waals surface area contributed by atoms with Gasteiger partial charge in [-0.3, -0.25) is 4.79 Å². The lowest BCUT2D eigenvalue weighted by molar-refractivity contribution is -0.143. The molecule has 1 atom stereocenters. The second kappa shape index (κ2) is 5.30. The minimum Gasteiger partial charge on any atom is -0.481 e. The standard InChI is InChI=1S/C14H18N2O3/c1-10(11-5-3-2-4-6-11)16-13(19)15-9-14(7-8-14)12(17)18/h2-6,10H,7-9H2,1H3,(H,17,18)(H2,15,16,19). The van der Waals surface area contributed by atoms with E-state index < -0.39 is 11.4 Å². The molecule has 1 aromatic rings. The number of benzene rings is 1. The number of hydrogen-bond donors (Lipinski definition) is 3. The molecule has 2 amide bonds. The van der Waals surface area contributed by atoms with Crippen LogP contribution in [0.5, 0.6) is 0 Å². The summed E-state index contributed by atoms with van der Waals surface area (Å²) in [7, 11) is 0. The van der Waals surface area contributed by atoms with Crippen LogP contribution in [0.25, 0.3) is 0 Å². The van der Waals surface area contributed by atoms with E-state index in [1.165, 1.54) is 0 Å². The van der Waals surface area contributed by atoms with Crippen LogP contribution in [0.3, 0.4) is 0 Å². The second-order valence-corrected chi connectivity index (χ2v) is 5.04. The molecule has 1 saturated carbocycles. The van der Waals surface area contributed by atoms with Gasteiger partial charge in [0.2, 0.25) is 0 Å². The lowest BCUT2D eigenvalue weighted by atomic mass is 10.1. The van der Waals surface area contributed by atoms with Crippen LogP contribution in [0.1, 0.15) is 31.4 Å².